The van der Waals surface area contributed by atoms with Gasteiger partial charge in [0.05, 0.1) is 5.56 Å². The SMILES string of the molecule is CNc1cc(-c2cc3c(c(=O)[nH]2)NC(C(C)C)CC3)cc(C(F)(F)F)c1. The summed E-state index contributed by atoms with van der Waals surface area (Å²) < 4.78 is 39.5. The molecule has 0 saturated carbocycles. The molecule has 0 aliphatic carbocycles. The average molecular weight is 365 g/mol. The average Bonchev–Trinajstić information content (AvgIpc) is 2.60. The fourth-order valence-corrected chi connectivity index (χ4v) is 3.28. The molecule has 1 aliphatic rings. The molecule has 7 heteroatoms. The molecule has 1 atom stereocenters. The number of fused-ring (bicyclic) bond motifs is 1. The van der Waals surface area contributed by atoms with Crippen LogP contribution in [0.2, 0.25) is 0 Å². The van der Waals surface area contributed by atoms with E-state index in [-0.39, 0.29) is 11.6 Å². The van der Waals surface area contributed by atoms with Gasteiger partial charge >= 0.3 is 6.18 Å². The van der Waals surface area contributed by atoms with Gasteiger partial charge in [-0.05, 0) is 48.6 Å². The van der Waals surface area contributed by atoms with Crippen molar-refractivity contribution in [1.29, 1.82) is 0 Å². The highest BCUT2D eigenvalue weighted by molar-refractivity contribution is 5.69. The summed E-state index contributed by atoms with van der Waals surface area (Å²) >= 11 is 0. The maximum atomic E-state index is 13.2. The smallest absolute Gasteiger partial charge is 0.388 e. The first-order valence-electron chi connectivity index (χ1n) is 8.62. The van der Waals surface area contributed by atoms with E-state index < -0.39 is 11.7 Å². The Balaban J connectivity index is 2.07. The lowest BCUT2D eigenvalue weighted by Gasteiger charge is -2.29. The van der Waals surface area contributed by atoms with Gasteiger partial charge in [-0.25, -0.2) is 0 Å². The van der Waals surface area contributed by atoms with E-state index in [1.807, 2.05) is 0 Å². The number of nitrogens with one attached hydrogen (secondary N) is 3. The molecule has 1 unspecified atom stereocenters. The number of anilines is 2. The molecular formula is C19H22F3N3O. The van der Waals surface area contributed by atoms with Crippen LogP contribution in [0.25, 0.3) is 11.3 Å². The predicted molar refractivity (Wildman–Crippen MR) is 97.6 cm³/mol. The zero-order valence-electron chi connectivity index (χ0n) is 14.9. The Bertz CT molecular complexity index is 871. The van der Waals surface area contributed by atoms with Crippen molar-refractivity contribution in [2.24, 2.45) is 5.92 Å². The number of hydrogen-bond acceptors (Lipinski definition) is 3. The van der Waals surface area contributed by atoms with E-state index in [0.29, 0.717) is 28.6 Å². The summed E-state index contributed by atoms with van der Waals surface area (Å²) in [6.45, 7) is 4.18. The predicted octanol–water partition coefficient (Wildman–Crippen LogP) is 4.49. The molecule has 0 bridgehead atoms. The standard InChI is InChI=1S/C19H22F3N3O/c1-10(2)15-5-4-11-8-16(25-18(26)17(11)24-15)12-6-13(19(20,21)22)9-14(7-12)23-3/h6-10,15,23-24H,4-5H2,1-3H3,(H,25,26). The van der Waals surface area contributed by atoms with Crippen molar-refractivity contribution in [2.75, 3.05) is 17.7 Å². The molecule has 1 aromatic carbocycles. The van der Waals surface area contributed by atoms with E-state index in [4.69, 9.17) is 0 Å². The number of H-pyrrole nitrogens is 1. The summed E-state index contributed by atoms with van der Waals surface area (Å²) in [7, 11) is 1.56. The van der Waals surface area contributed by atoms with Gasteiger partial charge in [0, 0.05) is 30.0 Å². The van der Waals surface area contributed by atoms with Gasteiger partial charge in [-0.15, -0.1) is 0 Å². The van der Waals surface area contributed by atoms with Gasteiger partial charge in [-0.1, -0.05) is 13.8 Å². The van der Waals surface area contributed by atoms with Crippen LogP contribution < -0.4 is 16.2 Å². The lowest BCUT2D eigenvalue weighted by Crippen LogP contribution is -2.34. The Morgan fingerprint density at radius 2 is 1.92 bits per heavy atom. The number of halogens is 3. The van der Waals surface area contributed by atoms with Crippen LogP contribution in [0.1, 0.15) is 31.4 Å². The maximum absolute atomic E-state index is 13.2. The molecule has 1 aromatic heterocycles. The number of aromatic amines is 1. The molecule has 0 fully saturated rings. The number of aryl methyl sites for hydroxylation is 1. The first kappa shape index (κ1) is 18.4. The van der Waals surface area contributed by atoms with Gasteiger partial charge in [-0.3, -0.25) is 4.79 Å². The molecule has 0 spiro atoms. The molecule has 3 N–H and O–H groups in total. The Labute approximate surface area is 149 Å². The highest BCUT2D eigenvalue weighted by Gasteiger charge is 2.31. The molecule has 0 saturated heterocycles. The Hall–Kier alpha value is -2.44. The molecule has 3 rings (SSSR count). The Kier molecular flexibility index (Phi) is 4.73. The summed E-state index contributed by atoms with van der Waals surface area (Å²) in [6, 6.07) is 5.70. The van der Waals surface area contributed by atoms with Gasteiger partial charge in [0.25, 0.3) is 5.56 Å². The van der Waals surface area contributed by atoms with Crippen molar-refractivity contribution < 1.29 is 13.2 Å². The van der Waals surface area contributed by atoms with Crippen LogP contribution in [0.15, 0.2) is 29.1 Å². The zero-order valence-corrected chi connectivity index (χ0v) is 14.9. The third-order valence-electron chi connectivity index (χ3n) is 4.83. The summed E-state index contributed by atoms with van der Waals surface area (Å²) in [4.78, 5) is 15.2. The molecule has 1 aliphatic heterocycles. The van der Waals surface area contributed by atoms with Gasteiger partial charge in [0.15, 0.2) is 0 Å². The van der Waals surface area contributed by atoms with E-state index >= 15 is 0 Å². The first-order chi connectivity index (χ1) is 12.2. The topological polar surface area (TPSA) is 56.9 Å². The molecule has 0 amide bonds. The number of alkyl halides is 3. The normalized spacial score (nSPS) is 17.0. The minimum atomic E-state index is -4.46. The number of aromatic nitrogens is 1. The van der Waals surface area contributed by atoms with E-state index in [0.717, 1.165) is 30.5 Å². The monoisotopic (exact) mass is 365 g/mol. The lowest BCUT2D eigenvalue weighted by atomic mass is 9.91. The third-order valence-corrected chi connectivity index (χ3v) is 4.83. The third kappa shape index (κ3) is 3.57. The Morgan fingerprint density at radius 1 is 1.19 bits per heavy atom. The number of rotatable bonds is 3. The number of pyridine rings is 1. The van der Waals surface area contributed by atoms with Gasteiger partial charge in [0.2, 0.25) is 0 Å². The number of hydrogen-bond donors (Lipinski definition) is 3. The highest BCUT2D eigenvalue weighted by Crippen LogP contribution is 2.35. The Morgan fingerprint density at radius 3 is 2.54 bits per heavy atom. The van der Waals surface area contributed by atoms with E-state index in [2.05, 4.69) is 29.5 Å². The van der Waals surface area contributed by atoms with Crippen molar-refractivity contribution in [2.45, 2.75) is 38.9 Å². The lowest BCUT2D eigenvalue weighted by molar-refractivity contribution is -0.137. The fraction of sp³-hybridized carbons (Fsp3) is 0.421. The van der Waals surface area contributed by atoms with Crippen LogP contribution >= 0.6 is 0 Å². The molecule has 26 heavy (non-hydrogen) atoms. The summed E-state index contributed by atoms with van der Waals surface area (Å²) in [5.41, 5.74) is 1.37. The molecule has 0 radical (unpaired) electrons. The highest BCUT2D eigenvalue weighted by atomic mass is 19.4. The summed E-state index contributed by atoms with van der Waals surface area (Å²) in [6.07, 6.45) is -2.85. The number of benzene rings is 1. The van der Waals surface area contributed by atoms with Crippen LogP contribution in [-0.4, -0.2) is 18.1 Å². The summed E-state index contributed by atoms with van der Waals surface area (Å²) in [5, 5.41) is 6.01. The molecule has 2 heterocycles. The minimum absolute atomic E-state index is 0.221. The molecular weight excluding hydrogens is 343 g/mol. The van der Waals surface area contributed by atoms with Gasteiger partial charge in [-0.2, -0.15) is 13.2 Å². The quantitative estimate of drug-likeness (QED) is 0.751. The maximum Gasteiger partial charge on any atom is 0.416 e. The van der Waals surface area contributed by atoms with Crippen molar-refractivity contribution >= 4 is 11.4 Å². The van der Waals surface area contributed by atoms with E-state index in [1.54, 1.807) is 19.2 Å². The van der Waals surface area contributed by atoms with Crippen molar-refractivity contribution in [3.63, 3.8) is 0 Å². The van der Waals surface area contributed by atoms with Gasteiger partial charge < -0.3 is 15.6 Å². The largest absolute Gasteiger partial charge is 0.416 e. The second kappa shape index (κ2) is 6.70. The van der Waals surface area contributed by atoms with Crippen molar-refractivity contribution in [1.82, 2.24) is 4.98 Å². The van der Waals surface area contributed by atoms with E-state index in [9.17, 15) is 18.0 Å². The van der Waals surface area contributed by atoms with Crippen LogP contribution in [0, 0.1) is 5.92 Å². The molecule has 2 aromatic rings. The van der Waals surface area contributed by atoms with Crippen LogP contribution in [0.5, 0.6) is 0 Å². The van der Waals surface area contributed by atoms with E-state index in [1.165, 1.54) is 0 Å². The van der Waals surface area contributed by atoms with Crippen LogP contribution in [0.4, 0.5) is 24.5 Å². The van der Waals surface area contributed by atoms with Crippen molar-refractivity contribution in [3.05, 3.63) is 45.7 Å². The second-order valence-electron chi connectivity index (χ2n) is 6.99. The fourth-order valence-electron chi connectivity index (χ4n) is 3.28. The molecule has 140 valence electrons. The zero-order chi connectivity index (χ0) is 19.1. The van der Waals surface area contributed by atoms with Crippen LogP contribution in [-0.2, 0) is 12.6 Å². The second-order valence-corrected chi connectivity index (χ2v) is 6.99. The van der Waals surface area contributed by atoms with Crippen molar-refractivity contribution in [3.8, 4) is 11.3 Å². The first-order valence-corrected chi connectivity index (χ1v) is 8.62. The minimum Gasteiger partial charge on any atom is -0.388 e. The summed E-state index contributed by atoms with van der Waals surface area (Å²) in [5.74, 6) is 0.392. The van der Waals surface area contributed by atoms with Crippen LogP contribution in [0.3, 0.4) is 0 Å². The van der Waals surface area contributed by atoms with Gasteiger partial charge in [0.1, 0.15) is 5.69 Å². The molecule has 4 nitrogen and oxygen atoms in total.